The van der Waals surface area contributed by atoms with Gasteiger partial charge in [-0.15, -0.1) is 0 Å². The molecule has 0 saturated heterocycles. The third kappa shape index (κ3) is 5.58. The van der Waals surface area contributed by atoms with Crippen molar-refractivity contribution in [1.82, 2.24) is 15.1 Å². The monoisotopic (exact) mass is 346 g/mol. The van der Waals surface area contributed by atoms with Crippen LogP contribution in [-0.4, -0.2) is 49.2 Å². The Kier molecular flexibility index (Phi) is 7.94. The van der Waals surface area contributed by atoms with Crippen LogP contribution in [0.3, 0.4) is 0 Å². The van der Waals surface area contributed by atoms with Crippen LogP contribution in [0.4, 0.5) is 5.69 Å². The lowest BCUT2D eigenvalue weighted by molar-refractivity contribution is 0.109. The maximum Gasteiger partial charge on any atom is 0.315 e. The first-order valence-corrected chi connectivity index (χ1v) is 8.60. The fourth-order valence-electron chi connectivity index (χ4n) is 2.27. The molecule has 0 amide bonds. The van der Waals surface area contributed by atoms with Gasteiger partial charge in [-0.2, -0.15) is 9.78 Å². The normalized spacial score (nSPS) is 10.6. The van der Waals surface area contributed by atoms with Gasteiger partial charge in [-0.25, -0.2) is 0 Å². The van der Waals surface area contributed by atoms with Crippen molar-refractivity contribution in [3.63, 3.8) is 0 Å². The van der Waals surface area contributed by atoms with Crippen molar-refractivity contribution in [2.24, 2.45) is 0 Å². The number of likely N-dealkylation sites (N-methyl/N-ethyl adjacent to an activating group) is 1. The zero-order chi connectivity index (χ0) is 17.9. The zero-order valence-electron chi connectivity index (χ0n) is 14.8. The van der Waals surface area contributed by atoms with E-state index in [4.69, 9.17) is 9.47 Å². The maximum absolute atomic E-state index is 12.8. The van der Waals surface area contributed by atoms with Gasteiger partial charge in [0, 0.05) is 19.7 Å². The fourth-order valence-corrected chi connectivity index (χ4v) is 2.27. The molecule has 0 aliphatic carbocycles. The van der Waals surface area contributed by atoms with Gasteiger partial charge in [0.2, 0.25) is 5.75 Å². The van der Waals surface area contributed by atoms with E-state index in [1.807, 2.05) is 44.2 Å². The highest BCUT2D eigenvalue weighted by Crippen LogP contribution is 2.19. The number of aromatic nitrogens is 2. The molecular formula is C18H26N4O3. The van der Waals surface area contributed by atoms with Crippen molar-refractivity contribution in [3.05, 3.63) is 46.9 Å². The molecule has 0 aliphatic heterocycles. The molecular weight excluding hydrogens is 320 g/mol. The molecule has 2 N–H and O–H groups in total. The van der Waals surface area contributed by atoms with E-state index in [0.29, 0.717) is 37.7 Å². The highest BCUT2D eigenvalue weighted by molar-refractivity contribution is 5.54. The number of para-hydroxylation sites is 1. The molecule has 0 radical (unpaired) electrons. The number of nitrogens with one attached hydrogen (secondary N) is 2. The first kappa shape index (κ1) is 19.0. The summed E-state index contributed by atoms with van der Waals surface area (Å²) in [6.45, 7) is 7.68. The topological polar surface area (TPSA) is 77.4 Å². The summed E-state index contributed by atoms with van der Waals surface area (Å²) in [6.07, 6.45) is 1.62. The van der Waals surface area contributed by atoms with E-state index in [1.165, 1.54) is 4.68 Å². The molecule has 0 unspecified atom stereocenters. The van der Waals surface area contributed by atoms with Crippen LogP contribution >= 0.6 is 0 Å². The van der Waals surface area contributed by atoms with Crippen molar-refractivity contribution in [2.75, 3.05) is 44.8 Å². The molecule has 0 atom stereocenters. The van der Waals surface area contributed by atoms with Gasteiger partial charge in [0.15, 0.2) is 0 Å². The third-order valence-electron chi connectivity index (χ3n) is 3.48. The molecule has 2 aromatic rings. The molecule has 1 aromatic carbocycles. The Bertz CT molecular complexity index is 688. The van der Waals surface area contributed by atoms with Crippen molar-refractivity contribution < 1.29 is 9.47 Å². The lowest BCUT2D eigenvalue weighted by Crippen LogP contribution is -2.27. The number of rotatable bonds is 11. The average Bonchev–Trinajstić information content (AvgIpc) is 2.64. The molecule has 7 heteroatoms. The molecule has 7 nitrogen and oxygen atoms in total. The molecule has 0 saturated carbocycles. The molecule has 25 heavy (non-hydrogen) atoms. The summed E-state index contributed by atoms with van der Waals surface area (Å²) in [4.78, 5) is 12.8. The molecule has 0 aliphatic rings. The van der Waals surface area contributed by atoms with Gasteiger partial charge in [0.1, 0.15) is 12.3 Å². The van der Waals surface area contributed by atoms with E-state index in [-0.39, 0.29) is 11.3 Å². The maximum atomic E-state index is 12.8. The van der Waals surface area contributed by atoms with Gasteiger partial charge >= 0.3 is 5.56 Å². The summed E-state index contributed by atoms with van der Waals surface area (Å²) in [7, 11) is 0. The fraction of sp³-hybridized carbons (Fsp3) is 0.444. The summed E-state index contributed by atoms with van der Waals surface area (Å²) in [6, 6.07) is 9.28. The van der Waals surface area contributed by atoms with E-state index in [9.17, 15) is 4.79 Å². The van der Waals surface area contributed by atoms with Crippen LogP contribution in [0, 0.1) is 0 Å². The Morgan fingerprint density at radius 2 is 1.92 bits per heavy atom. The minimum atomic E-state index is -0.295. The van der Waals surface area contributed by atoms with Gasteiger partial charge in [-0.05, 0) is 25.6 Å². The predicted molar refractivity (Wildman–Crippen MR) is 98.9 cm³/mol. The van der Waals surface area contributed by atoms with E-state index in [1.54, 1.807) is 6.20 Å². The summed E-state index contributed by atoms with van der Waals surface area (Å²) >= 11 is 0. The van der Waals surface area contributed by atoms with Crippen LogP contribution in [0.25, 0.3) is 5.69 Å². The van der Waals surface area contributed by atoms with Crippen LogP contribution in [0.2, 0.25) is 0 Å². The van der Waals surface area contributed by atoms with Gasteiger partial charge < -0.3 is 20.1 Å². The summed E-state index contributed by atoms with van der Waals surface area (Å²) in [5.41, 5.74) is 0.990. The summed E-state index contributed by atoms with van der Waals surface area (Å²) in [5, 5.41) is 10.7. The van der Waals surface area contributed by atoms with Crippen LogP contribution in [0.1, 0.15) is 13.8 Å². The van der Waals surface area contributed by atoms with Crippen LogP contribution in [0.15, 0.2) is 41.3 Å². The molecule has 0 fully saturated rings. The SMILES string of the molecule is CCNCCNc1cnn(-c2ccccc2)c(=O)c1OCCOCC. The third-order valence-corrected chi connectivity index (χ3v) is 3.48. The van der Waals surface area contributed by atoms with E-state index < -0.39 is 0 Å². The molecule has 1 aromatic heterocycles. The van der Waals surface area contributed by atoms with Gasteiger partial charge in [-0.3, -0.25) is 4.79 Å². The van der Waals surface area contributed by atoms with Gasteiger partial charge in [-0.1, -0.05) is 25.1 Å². The number of anilines is 1. The van der Waals surface area contributed by atoms with Crippen molar-refractivity contribution in [2.45, 2.75) is 13.8 Å². The number of hydrogen-bond donors (Lipinski definition) is 2. The van der Waals surface area contributed by atoms with Gasteiger partial charge in [0.05, 0.1) is 18.5 Å². The molecule has 136 valence electrons. The minimum Gasteiger partial charge on any atom is -0.484 e. The van der Waals surface area contributed by atoms with E-state index in [0.717, 1.165) is 13.1 Å². The van der Waals surface area contributed by atoms with Crippen LogP contribution < -0.4 is 20.9 Å². The molecule has 1 heterocycles. The largest absolute Gasteiger partial charge is 0.484 e. The van der Waals surface area contributed by atoms with E-state index in [2.05, 4.69) is 15.7 Å². The number of hydrogen-bond acceptors (Lipinski definition) is 6. The first-order valence-electron chi connectivity index (χ1n) is 8.60. The smallest absolute Gasteiger partial charge is 0.315 e. The number of nitrogens with zero attached hydrogens (tertiary/aromatic N) is 2. The van der Waals surface area contributed by atoms with E-state index >= 15 is 0 Å². The molecule has 2 rings (SSSR count). The van der Waals surface area contributed by atoms with Crippen molar-refractivity contribution >= 4 is 5.69 Å². The standard InChI is InChI=1S/C18H26N4O3/c1-3-19-10-11-20-16-14-21-22(15-8-6-5-7-9-15)18(23)17(16)25-13-12-24-4-2/h5-9,14,19-20H,3-4,10-13H2,1-2H3. The Morgan fingerprint density at radius 1 is 1.12 bits per heavy atom. The molecule has 0 spiro atoms. The zero-order valence-corrected chi connectivity index (χ0v) is 14.8. The Morgan fingerprint density at radius 3 is 2.64 bits per heavy atom. The van der Waals surface area contributed by atoms with Crippen LogP contribution in [0.5, 0.6) is 5.75 Å². The molecule has 0 bridgehead atoms. The second-order valence-corrected chi connectivity index (χ2v) is 5.27. The highest BCUT2D eigenvalue weighted by atomic mass is 16.5. The van der Waals surface area contributed by atoms with Crippen LogP contribution in [-0.2, 0) is 4.74 Å². The Labute approximate surface area is 148 Å². The Balaban J connectivity index is 2.22. The Hall–Kier alpha value is -2.38. The highest BCUT2D eigenvalue weighted by Gasteiger charge is 2.14. The number of benzene rings is 1. The lowest BCUT2D eigenvalue weighted by Gasteiger charge is -2.14. The first-order chi connectivity index (χ1) is 12.3. The second kappa shape index (κ2) is 10.5. The quantitative estimate of drug-likeness (QED) is 0.603. The second-order valence-electron chi connectivity index (χ2n) is 5.27. The van der Waals surface area contributed by atoms with Crippen molar-refractivity contribution in [1.29, 1.82) is 0 Å². The summed E-state index contributed by atoms with van der Waals surface area (Å²) < 4.78 is 12.3. The lowest BCUT2D eigenvalue weighted by atomic mass is 10.3. The van der Waals surface area contributed by atoms with Crippen molar-refractivity contribution in [3.8, 4) is 11.4 Å². The average molecular weight is 346 g/mol. The predicted octanol–water partition coefficient (Wildman–Crippen LogP) is 1.67. The summed E-state index contributed by atoms with van der Waals surface area (Å²) in [5.74, 6) is 0.259. The van der Waals surface area contributed by atoms with Gasteiger partial charge in [0.25, 0.3) is 0 Å². The minimum absolute atomic E-state index is 0.259. The number of ether oxygens (including phenoxy) is 2.